The Morgan fingerprint density at radius 2 is 1.96 bits per heavy atom. The highest BCUT2D eigenvalue weighted by Crippen LogP contribution is 2.39. The van der Waals surface area contributed by atoms with E-state index in [2.05, 4.69) is 12.2 Å². The van der Waals surface area contributed by atoms with Crippen LogP contribution in [0, 0.1) is 19.7 Å². The molecule has 1 radical (unpaired) electrons. The van der Waals surface area contributed by atoms with Crippen molar-refractivity contribution in [2.24, 2.45) is 0 Å². The van der Waals surface area contributed by atoms with Crippen LogP contribution in [0.1, 0.15) is 36.8 Å². The predicted octanol–water partition coefficient (Wildman–Crippen LogP) is 4.90. The van der Waals surface area contributed by atoms with E-state index in [1.807, 2.05) is 13.0 Å². The Kier molecular flexibility index (Phi) is 6.15. The van der Waals surface area contributed by atoms with Crippen LogP contribution in [0.3, 0.4) is 0 Å². The van der Waals surface area contributed by atoms with Crippen molar-refractivity contribution in [2.75, 3.05) is 20.3 Å². The van der Waals surface area contributed by atoms with Gasteiger partial charge in [-0.15, -0.1) is 0 Å². The number of halogens is 1. The molecule has 3 nitrogen and oxygen atoms in total. The van der Waals surface area contributed by atoms with Crippen molar-refractivity contribution in [3.8, 4) is 22.6 Å². The molecule has 0 aromatic heterocycles. The fourth-order valence-corrected chi connectivity index (χ4v) is 3.61. The molecule has 1 aliphatic rings. The second-order valence-electron chi connectivity index (χ2n) is 6.85. The smallest absolute Gasteiger partial charge is 0.126 e. The highest BCUT2D eigenvalue weighted by Gasteiger charge is 2.17. The van der Waals surface area contributed by atoms with E-state index in [0.717, 1.165) is 41.0 Å². The van der Waals surface area contributed by atoms with Gasteiger partial charge in [-0.25, -0.2) is 4.39 Å². The Morgan fingerprint density at radius 1 is 1.19 bits per heavy atom. The quantitative estimate of drug-likeness (QED) is 0.798. The molecule has 1 heterocycles. The van der Waals surface area contributed by atoms with Crippen molar-refractivity contribution in [1.82, 2.24) is 5.32 Å². The van der Waals surface area contributed by atoms with Gasteiger partial charge in [-0.3, -0.25) is 0 Å². The van der Waals surface area contributed by atoms with Crippen LogP contribution in [-0.2, 0) is 0 Å². The van der Waals surface area contributed by atoms with Crippen molar-refractivity contribution >= 4 is 0 Å². The Morgan fingerprint density at radius 3 is 2.62 bits per heavy atom. The molecule has 139 valence electrons. The lowest BCUT2D eigenvalue weighted by Crippen LogP contribution is -2.35. The molecule has 1 unspecified atom stereocenters. The maximum absolute atomic E-state index is 13.3. The summed E-state index contributed by atoms with van der Waals surface area (Å²) in [6.07, 6.45) is 4.75. The Hall–Kier alpha value is -2.07. The maximum atomic E-state index is 13.3. The standard InChI is InChI=1S/C22H27FNO2/c1-15-20(25-3)14-21(26-13-11-19-6-4-5-12-24-19)16(2)22(15)17-7-9-18(23)10-8-17/h7-10,14,19,24H,1,4-6,11-13H2,2-3H3. The van der Waals surface area contributed by atoms with Crippen molar-refractivity contribution < 1.29 is 13.9 Å². The third-order valence-corrected chi connectivity index (χ3v) is 5.10. The van der Waals surface area contributed by atoms with Gasteiger partial charge in [0.15, 0.2) is 0 Å². The number of hydrogen-bond acceptors (Lipinski definition) is 3. The zero-order chi connectivity index (χ0) is 18.5. The summed E-state index contributed by atoms with van der Waals surface area (Å²) < 4.78 is 24.9. The summed E-state index contributed by atoms with van der Waals surface area (Å²) in [6, 6.07) is 8.89. The minimum absolute atomic E-state index is 0.253. The number of methoxy groups -OCH3 is 1. The number of rotatable bonds is 6. The molecule has 1 atom stereocenters. The first-order valence-corrected chi connectivity index (χ1v) is 9.26. The van der Waals surface area contributed by atoms with E-state index in [9.17, 15) is 4.39 Å². The van der Waals surface area contributed by atoms with Gasteiger partial charge in [0.1, 0.15) is 17.3 Å². The third-order valence-electron chi connectivity index (χ3n) is 5.10. The van der Waals surface area contributed by atoms with E-state index in [1.54, 1.807) is 19.2 Å². The number of benzene rings is 2. The van der Waals surface area contributed by atoms with Crippen molar-refractivity contribution in [1.29, 1.82) is 0 Å². The lowest BCUT2D eigenvalue weighted by Gasteiger charge is -2.24. The SMILES string of the molecule is [CH2]c1c(OC)cc(OCCC2CCCCN2)c(C)c1-c1ccc(F)cc1. The average Bonchev–Trinajstić information content (AvgIpc) is 2.66. The lowest BCUT2D eigenvalue weighted by molar-refractivity contribution is 0.266. The van der Waals surface area contributed by atoms with Crippen LogP contribution in [0.4, 0.5) is 4.39 Å². The molecule has 1 saturated heterocycles. The fraction of sp³-hybridized carbons (Fsp3) is 0.409. The molecule has 4 heteroatoms. The molecular weight excluding hydrogens is 329 g/mol. The highest BCUT2D eigenvalue weighted by molar-refractivity contribution is 5.77. The van der Waals surface area contributed by atoms with Crippen LogP contribution < -0.4 is 14.8 Å². The van der Waals surface area contributed by atoms with Gasteiger partial charge >= 0.3 is 0 Å². The molecule has 0 spiro atoms. The minimum Gasteiger partial charge on any atom is -0.496 e. The van der Waals surface area contributed by atoms with Gasteiger partial charge in [0.2, 0.25) is 0 Å². The van der Waals surface area contributed by atoms with E-state index in [4.69, 9.17) is 9.47 Å². The first-order chi connectivity index (χ1) is 12.6. The van der Waals surface area contributed by atoms with Gasteiger partial charge in [-0.2, -0.15) is 0 Å². The molecule has 0 aliphatic carbocycles. The van der Waals surface area contributed by atoms with Gasteiger partial charge in [-0.1, -0.05) is 18.6 Å². The molecule has 3 rings (SSSR count). The van der Waals surface area contributed by atoms with E-state index in [-0.39, 0.29) is 5.82 Å². The van der Waals surface area contributed by atoms with Crippen molar-refractivity contribution in [3.05, 3.63) is 54.2 Å². The fourth-order valence-electron chi connectivity index (χ4n) is 3.61. The Labute approximate surface area is 155 Å². The molecule has 0 amide bonds. The predicted molar refractivity (Wildman–Crippen MR) is 103 cm³/mol. The first kappa shape index (κ1) is 18.7. The molecule has 1 N–H and O–H groups in total. The minimum atomic E-state index is -0.253. The molecule has 2 aromatic rings. The van der Waals surface area contributed by atoms with Gasteiger partial charge in [0.25, 0.3) is 0 Å². The topological polar surface area (TPSA) is 30.5 Å². The highest BCUT2D eigenvalue weighted by atomic mass is 19.1. The number of ether oxygens (including phenoxy) is 2. The van der Waals surface area contributed by atoms with Gasteiger partial charge in [0, 0.05) is 17.7 Å². The van der Waals surface area contributed by atoms with Crippen molar-refractivity contribution in [2.45, 2.75) is 38.6 Å². The van der Waals surface area contributed by atoms with Crippen LogP contribution >= 0.6 is 0 Å². The number of nitrogens with one attached hydrogen (secondary N) is 1. The zero-order valence-corrected chi connectivity index (χ0v) is 15.6. The lowest BCUT2D eigenvalue weighted by atomic mass is 9.94. The maximum Gasteiger partial charge on any atom is 0.126 e. The second-order valence-corrected chi connectivity index (χ2v) is 6.85. The van der Waals surface area contributed by atoms with E-state index in [0.29, 0.717) is 18.4 Å². The van der Waals surface area contributed by atoms with E-state index in [1.165, 1.54) is 31.4 Å². The molecule has 26 heavy (non-hydrogen) atoms. The summed E-state index contributed by atoms with van der Waals surface area (Å²) >= 11 is 0. The summed E-state index contributed by atoms with van der Waals surface area (Å²) in [6.45, 7) is 7.93. The summed E-state index contributed by atoms with van der Waals surface area (Å²) in [5.74, 6) is 1.22. The first-order valence-electron chi connectivity index (χ1n) is 9.26. The van der Waals surface area contributed by atoms with Gasteiger partial charge in [0.05, 0.1) is 13.7 Å². The van der Waals surface area contributed by atoms with Crippen LogP contribution in [0.2, 0.25) is 0 Å². The molecule has 0 bridgehead atoms. The summed E-state index contributed by atoms with van der Waals surface area (Å²) in [7, 11) is 1.63. The average molecular weight is 356 g/mol. The van der Waals surface area contributed by atoms with Gasteiger partial charge in [-0.05, 0) is 68.5 Å². The normalized spacial score (nSPS) is 17.2. The number of piperidine rings is 1. The van der Waals surface area contributed by atoms with Crippen LogP contribution in [0.15, 0.2) is 30.3 Å². The van der Waals surface area contributed by atoms with Crippen LogP contribution in [0.5, 0.6) is 11.5 Å². The number of hydrogen-bond donors (Lipinski definition) is 1. The summed E-state index contributed by atoms with van der Waals surface area (Å²) in [5.41, 5.74) is 3.64. The van der Waals surface area contributed by atoms with E-state index < -0.39 is 0 Å². The largest absolute Gasteiger partial charge is 0.496 e. The Bertz CT molecular complexity index is 737. The molecule has 1 aliphatic heterocycles. The zero-order valence-electron chi connectivity index (χ0n) is 15.6. The third kappa shape index (κ3) is 4.18. The van der Waals surface area contributed by atoms with Crippen LogP contribution in [-0.4, -0.2) is 26.3 Å². The monoisotopic (exact) mass is 356 g/mol. The van der Waals surface area contributed by atoms with Crippen molar-refractivity contribution in [3.63, 3.8) is 0 Å². The van der Waals surface area contributed by atoms with Gasteiger partial charge < -0.3 is 14.8 Å². The van der Waals surface area contributed by atoms with E-state index >= 15 is 0 Å². The molecular formula is C22H27FNO2. The molecule has 1 fully saturated rings. The van der Waals surface area contributed by atoms with Crippen LogP contribution in [0.25, 0.3) is 11.1 Å². The Balaban J connectivity index is 1.83. The molecule has 0 saturated carbocycles. The molecule has 2 aromatic carbocycles. The second kappa shape index (κ2) is 8.54. The summed E-state index contributed by atoms with van der Waals surface area (Å²) in [5, 5.41) is 3.54. The summed E-state index contributed by atoms with van der Waals surface area (Å²) in [4.78, 5) is 0.